The van der Waals surface area contributed by atoms with Crippen LogP contribution in [0.1, 0.15) is 48.0 Å². The highest BCUT2D eigenvalue weighted by Crippen LogP contribution is 2.30. The highest BCUT2D eigenvalue weighted by atomic mass is 14.9. The second-order valence-electron chi connectivity index (χ2n) is 3.90. The topological polar surface area (TPSA) is 38.0 Å². The zero-order valence-corrected chi connectivity index (χ0v) is 10.7. The first kappa shape index (κ1) is 15.9. The van der Waals surface area contributed by atoms with Crippen molar-refractivity contribution in [3.8, 4) is 0 Å². The Balaban J connectivity index is 0. The first-order valence-corrected chi connectivity index (χ1v) is 5.64. The highest BCUT2D eigenvalue weighted by Gasteiger charge is 2.20. The lowest BCUT2D eigenvalue weighted by atomic mass is 9.78. The van der Waals surface area contributed by atoms with Crippen molar-refractivity contribution in [2.75, 3.05) is 6.67 Å². The molecule has 3 N–H and O–H groups in total. The van der Waals surface area contributed by atoms with Crippen LogP contribution in [0, 0.1) is 11.3 Å². The van der Waals surface area contributed by atoms with Crippen LogP contribution in [0.2, 0.25) is 0 Å². The molecule has 14 heavy (non-hydrogen) atoms. The highest BCUT2D eigenvalue weighted by molar-refractivity contribution is 4.91. The molecule has 1 atom stereocenters. The quantitative estimate of drug-likeness (QED) is 0.669. The van der Waals surface area contributed by atoms with E-state index < -0.39 is 0 Å². The zero-order valence-electron chi connectivity index (χ0n) is 10.7. The second-order valence-corrected chi connectivity index (χ2v) is 3.90. The Labute approximate surface area is 90.0 Å². The van der Waals surface area contributed by atoms with Crippen molar-refractivity contribution in [3.63, 3.8) is 0 Å². The predicted octanol–water partition coefficient (Wildman–Crippen LogP) is 3.10. The van der Waals surface area contributed by atoms with Crippen molar-refractivity contribution >= 4 is 0 Å². The molecule has 0 aromatic heterocycles. The molecule has 0 radical (unpaired) electrons. The van der Waals surface area contributed by atoms with Crippen LogP contribution in [0.4, 0.5) is 0 Å². The van der Waals surface area contributed by atoms with Crippen LogP contribution >= 0.6 is 0 Å². The molecule has 0 aromatic carbocycles. The van der Waals surface area contributed by atoms with E-state index in [1.165, 1.54) is 6.42 Å². The van der Waals surface area contributed by atoms with Gasteiger partial charge in [-0.2, -0.15) is 0 Å². The summed E-state index contributed by atoms with van der Waals surface area (Å²) in [6.07, 6.45) is 5.32. The number of hydrogen-bond donors (Lipinski definition) is 2. The summed E-state index contributed by atoms with van der Waals surface area (Å²) in [7, 11) is 0. The van der Waals surface area contributed by atoms with Crippen molar-refractivity contribution in [2.45, 2.75) is 48.0 Å². The summed E-state index contributed by atoms with van der Waals surface area (Å²) in [5, 5.41) is 2.97. The molecule has 2 nitrogen and oxygen atoms in total. The standard InChI is InChI=1S/C10H22N2.C2H6/c1-5-10(3,4)9(2)6-7-12-8-11;1-2/h6-7,9,12H,5,8,11H2,1-4H3;1-2H3/b7-6-;. The molecule has 0 aliphatic heterocycles. The molecular formula is C12H28N2. The normalized spacial score (nSPS) is 13.4. The van der Waals surface area contributed by atoms with E-state index in [9.17, 15) is 0 Å². The molecule has 0 fully saturated rings. The van der Waals surface area contributed by atoms with E-state index in [0.29, 0.717) is 18.0 Å². The maximum Gasteiger partial charge on any atom is 0.0622 e. The minimum atomic E-state index is 0.382. The average molecular weight is 200 g/mol. The lowest BCUT2D eigenvalue weighted by molar-refractivity contribution is 0.266. The monoisotopic (exact) mass is 200 g/mol. The third-order valence-electron chi connectivity index (χ3n) is 2.76. The first-order chi connectivity index (χ1) is 6.54. The fourth-order valence-corrected chi connectivity index (χ4v) is 0.863. The van der Waals surface area contributed by atoms with Gasteiger partial charge in [0.25, 0.3) is 0 Å². The minimum Gasteiger partial charge on any atom is -0.379 e. The van der Waals surface area contributed by atoms with Crippen LogP contribution in [0.15, 0.2) is 12.3 Å². The van der Waals surface area contributed by atoms with Gasteiger partial charge in [-0.05, 0) is 17.5 Å². The number of nitrogens with two attached hydrogens (primary N) is 1. The Hall–Kier alpha value is -0.500. The lowest BCUT2D eigenvalue weighted by Crippen LogP contribution is -2.20. The van der Waals surface area contributed by atoms with Gasteiger partial charge >= 0.3 is 0 Å². The summed E-state index contributed by atoms with van der Waals surface area (Å²) in [6.45, 7) is 13.5. The van der Waals surface area contributed by atoms with Crippen LogP contribution in [0.3, 0.4) is 0 Å². The van der Waals surface area contributed by atoms with Crippen molar-refractivity contribution in [3.05, 3.63) is 12.3 Å². The molecule has 0 saturated heterocycles. The Morgan fingerprint density at radius 2 is 1.86 bits per heavy atom. The van der Waals surface area contributed by atoms with Gasteiger partial charge in [-0.25, -0.2) is 0 Å². The Morgan fingerprint density at radius 1 is 1.36 bits per heavy atom. The molecule has 0 heterocycles. The van der Waals surface area contributed by atoms with Crippen molar-refractivity contribution < 1.29 is 0 Å². The number of hydrogen-bond acceptors (Lipinski definition) is 2. The van der Waals surface area contributed by atoms with Crippen LogP contribution in [-0.4, -0.2) is 6.67 Å². The molecule has 1 unspecified atom stereocenters. The summed E-state index contributed by atoms with van der Waals surface area (Å²) < 4.78 is 0. The van der Waals surface area contributed by atoms with E-state index in [0.717, 1.165) is 0 Å². The van der Waals surface area contributed by atoms with E-state index in [-0.39, 0.29) is 0 Å². The molecule has 0 aromatic rings. The zero-order chi connectivity index (χ0) is 11.6. The summed E-state index contributed by atoms with van der Waals surface area (Å²) in [4.78, 5) is 0. The van der Waals surface area contributed by atoms with E-state index in [1.807, 2.05) is 20.0 Å². The van der Waals surface area contributed by atoms with E-state index in [1.54, 1.807) is 0 Å². The van der Waals surface area contributed by atoms with Gasteiger partial charge in [-0.1, -0.05) is 54.0 Å². The molecule has 2 heteroatoms. The fourth-order valence-electron chi connectivity index (χ4n) is 0.863. The van der Waals surface area contributed by atoms with Gasteiger partial charge in [-0.15, -0.1) is 0 Å². The predicted molar refractivity (Wildman–Crippen MR) is 65.9 cm³/mol. The van der Waals surface area contributed by atoms with Gasteiger partial charge in [-0.3, -0.25) is 0 Å². The summed E-state index contributed by atoms with van der Waals surface area (Å²) in [6, 6.07) is 0. The number of nitrogens with one attached hydrogen (secondary N) is 1. The Kier molecular flexibility index (Phi) is 10.3. The molecule has 0 aliphatic carbocycles. The summed E-state index contributed by atoms with van der Waals surface area (Å²) >= 11 is 0. The minimum absolute atomic E-state index is 0.382. The van der Waals surface area contributed by atoms with E-state index in [2.05, 4.69) is 39.1 Å². The van der Waals surface area contributed by atoms with Gasteiger partial charge < -0.3 is 11.1 Å². The molecule has 0 aliphatic rings. The summed E-state index contributed by atoms with van der Waals surface area (Å²) in [5.41, 5.74) is 5.68. The average Bonchev–Trinajstić information content (AvgIpc) is 2.21. The van der Waals surface area contributed by atoms with Gasteiger partial charge in [0.05, 0.1) is 6.67 Å². The molecule has 0 saturated carbocycles. The molecule has 0 spiro atoms. The Bertz CT molecular complexity index is 139. The maximum atomic E-state index is 5.29. The maximum absolute atomic E-state index is 5.29. The SMILES string of the molecule is CC.CCC(C)(C)C(C)/C=C\NCN. The number of rotatable bonds is 5. The smallest absolute Gasteiger partial charge is 0.0622 e. The van der Waals surface area contributed by atoms with Crippen LogP contribution in [0.5, 0.6) is 0 Å². The van der Waals surface area contributed by atoms with Gasteiger partial charge in [0.2, 0.25) is 0 Å². The van der Waals surface area contributed by atoms with Crippen molar-refractivity contribution in [2.24, 2.45) is 17.1 Å². The van der Waals surface area contributed by atoms with Gasteiger partial charge in [0.15, 0.2) is 0 Å². The third-order valence-corrected chi connectivity index (χ3v) is 2.76. The van der Waals surface area contributed by atoms with Gasteiger partial charge in [0.1, 0.15) is 0 Å². The summed E-state index contributed by atoms with van der Waals surface area (Å²) in [5.74, 6) is 0.585. The van der Waals surface area contributed by atoms with Crippen LogP contribution in [0.25, 0.3) is 0 Å². The lowest BCUT2D eigenvalue weighted by Gasteiger charge is -2.28. The fraction of sp³-hybridized carbons (Fsp3) is 0.833. The Morgan fingerprint density at radius 3 is 2.21 bits per heavy atom. The third kappa shape index (κ3) is 6.96. The molecule has 0 bridgehead atoms. The second kappa shape index (κ2) is 9.07. The first-order valence-electron chi connectivity index (χ1n) is 5.64. The molecule has 0 amide bonds. The molecule has 0 rings (SSSR count). The van der Waals surface area contributed by atoms with Crippen molar-refractivity contribution in [1.82, 2.24) is 5.32 Å². The van der Waals surface area contributed by atoms with Crippen LogP contribution < -0.4 is 11.1 Å². The van der Waals surface area contributed by atoms with Crippen molar-refractivity contribution in [1.29, 1.82) is 0 Å². The van der Waals surface area contributed by atoms with E-state index in [4.69, 9.17) is 5.73 Å². The molecule has 86 valence electrons. The van der Waals surface area contributed by atoms with Crippen LogP contribution in [-0.2, 0) is 0 Å². The number of allylic oxidation sites excluding steroid dienone is 1. The molecular weight excluding hydrogens is 172 g/mol. The van der Waals surface area contributed by atoms with E-state index >= 15 is 0 Å². The van der Waals surface area contributed by atoms with Gasteiger partial charge in [0, 0.05) is 0 Å². The largest absolute Gasteiger partial charge is 0.379 e.